The minimum Gasteiger partial charge on any atom is -0.474 e. The van der Waals surface area contributed by atoms with Gasteiger partial charge in [0, 0.05) is 7.11 Å². The van der Waals surface area contributed by atoms with Crippen molar-refractivity contribution in [2.45, 2.75) is 0 Å². The number of nitrogens with zero attached hydrogens (tertiary/aromatic N) is 4. The van der Waals surface area contributed by atoms with Gasteiger partial charge >= 0.3 is 0 Å². The third-order valence-electron chi connectivity index (χ3n) is 2.05. The summed E-state index contributed by atoms with van der Waals surface area (Å²) in [6, 6.07) is 1.73. The van der Waals surface area contributed by atoms with Crippen LogP contribution >= 0.6 is 0 Å². The number of nitrogens with two attached hydrogens (primary N) is 1. The largest absolute Gasteiger partial charge is 0.474 e. The summed E-state index contributed by atoms with van der Waals surface area (Å²) in [5.41, 5.74) is 6.87. The molecule has 0 unspecified atom stereocenters. The lowest BCUT2D eigenvalue weighted by molar-refractivity contribution is 0.143. The van der Waals surface area contributed by atoms with Crippen LogP contribution < -0.4 is 10.5 Å². The van der Waals surface area contributed by atoms with E-state index in [-0.39, 0.29) is 0 Å². The second-order valence-electron chi connectivity index (χ2n) is 3.28. The Hall–Kier alpha value is -2.15. The van der Waals surface area contributed by atoms with Gasteiger partial charge < -0.3 is 15.2 Å². The van der Waals surface area contributed by atoms with Crippen LogP contribution in [0.3, 0.4) is 0 Å². The summed E-state index contributed by atoms with van der Waals surface area (Å²) in [6.07, 6.45) is 4.80. The molecule has 0 atom stereocenters. The lowest BCUT2D eigenvalue weighted by Gasteiger charge is -2.09. The third-order valence-corrected chi connectivity index (χ3v) is 2.05. The zero-order valence-corrected chi connectivity index (χ0v) is 9.41. The Morgan fingerprint density at radius 2 is 2.29 bits per heavy atom. The maximum Gasteiger partial charge on any atom is 0.240 e. The van der Waals surface area contributed by atoms with Crippen LogP contribution in [0.4, 0.5) is 5.69 Å². The molecule has 2 N–H and O–H groups in total. The SMILES string of the molecule is COCCOc1ncc(N)cc1-n1ccnn1. The number of hydrogen-bond acceptors (Lipinski definition) is 6. The first-order chi connectivity index (χ1) is 8.31. The van der Waals surface area contributed by atoms with Crippen molar-refractivity contribution < 1.29 is 9.47 Å². The van der Waals surface area contributed by atoms with Gasteiger partial charge in [0.25, 0.3) is 0 Å². The van der Waals surface area contributed by atoms with Crippen LogP contribution in [0.5, 0.6) is 5.88 Å². The van der Waals surface area contributed by atoms with Gasteiger partial charge in [-0.2, -0.15) is 0 Å². The first-order valence-corrected chi connectivity index (χ1v) is 5.05. The highest BCUT2D eigenvalue weighted by molar-refractivity contribution is 5.50. The standard InChI is InChI=1S/C10H13N5O2/c1-16-4-5-17-10-9(6-8(11)7-12-10)15-3-2-13-14-15/h2-3,6-7H,4-5,11H2,1H3. The summed E-state index contributed by atoms with van der Waals surface area (Å²) >= 11 is 0. The van der Waals surface area contributed by atoms with Gasteiger partial charge in [-0.1, -0.05) is 5.21 Å². The Kier molecular flexibility index (Phi) is 3.51. The normalized spacial score (nSPS) is 10.4. The van der Waals surface area contributed by atoms with Gasteiger partial charge in [-0.15, -0.1) is 5.10 Å². The molecule has 2 aromatic heterocycles. The molecule has 7 nitrogen and oxygen atoms in total. The average molecular weight is 235 g/mol. The molecule has 0 saturated carbocycles. The van der Waals surface area contributed by atoms with Crippen molar-refractivity contribution in [3.63, 3.8) is 0 Å². The van der Waals surface area contributed by atoms with Gasteiger partial charge in [0.15, 0.2) is 0 Å². The number of aromatic nitrogens is 4. The molecular weight excluding hydrogens is 222 g/mol. The number of ether oxygens (including phenoxy) is 2. The fraction of sp³-hybridized carbons (Fsp3) is 0.300. The summed E-state index contributed by atoms with van der Waals surface area (Å²) in [4.78, 5) is 4.11. The molecule has 7 heteroatoms. The quantitative estimate of drug-likeness (QED) is 0.748. The molecule has 2 heterocycles. The lowest BCUT2D eigenvalue weighted by atomic mass is 10.3. The van der Waals surface area contributed by atoms with Gasteiger partial charge in [-0.3, -0.25) is 0 Å². The number of hydrogen-bond donors (Lipinski definition) is 1. The number of nitrogen functional groups attached to an aromatic ring is 1. The van der Waals surface area contributed by atoms with E-state index in [0.29, 0.717) is 30.5 Å². The predicted molar refractivity (Wildman–Crippen MR) is 60.9 cm³/mol. The molecule has 2 aromatic rings. The van der Waals surface area contributed by atoms with Gasteiger partial charge in [0.1, 0.15) is 12.3 Å². The molecule has 0 saturated heterocycles. The summed E-state index contributed by atoms with van der Waals surface area (Å²) in [5.74, 6) is 0.446. The van der Waals surface area contributed by atoms with E-state index in [4.69, 9.17) is 15.2 Å². The zero-order valence-electron chi connectivity index (χ0n) is 9.41. The average Bonchev–Trinajstić information content (AvgIpc) is 2.85. The Morgan fingerprint density at radius 1 is 1.41 bits per heavy atom. The van der Waals surface area contributed by atoms with E-state index in [1.807, 2.05) is 0 Å². The zero-order chi connectivity index (χ0) is 12.1. The minimum absolute atomic E-state index is 0.412. The molecule has 0 radical (unpaired) electrons. The highest BCUT2D eigenvalue weighted by Crippen LogP contribution is 2.21. The molecule has 0 fully saturated rings. The van der Waals surface area contributed by atoms with Crippen LogP contribution in [-0.2, 0) is 4.74 Å². The van der Waals surface area contributed by atoms with E-state index in [1.54, 1.807) is 30.3 Å². The molecule has 0 aliphatic heterocycles. The summed E-state index contributed by atoms with van der Waals surface area (Å²) < 4.78 is 11.9. The van der Waals surface area contributed by atoms with Crippen molar-refractivity contribution in [3.05, 3.63) is 24.7 Å². The molecule has 0 spiro atoms. The van der Waals surface area contributed by atoms with E-state index in [1.165, 1.54) is 6.20 Å². The van der Waals surface area contributed by atoms with Crippen molar-refractivity contribution in [1.82, 2.24) is 20.0 Å². The van der Waals surface area contributed by atoms with Crippen LogP contribution in [0, 0.1) is 0 Å². The number of rotatable bonds is 5. The first-order valence-electron chi connectivity index (χ1n) is 5.05. The smallest absolute Gasteiger partial charge is 0.240 e. The topological polar surface area (TPSA) is 88.1 Å². The van der Waals surface area contributed by atoms with Crippen molar-refractivity contribution in [2.75, 3.05) is 26.1 Å². The van der Waals surface area contributed by atoms with Crippen molar-refractivity contribution in [3.8, 4) is 11.6 Å². The fourth-order valence-corrected chi connectivity index (χ4v) is 1.29. The van der Waals surface area contributed by atoms with Crippen LogP contribution in [0.2, 0.25) is 0 Å². The first kappa shape index (κ1) is 11.3. The van der Waals surface area contributed by atoms with Gasteiger partial charge in [-0.05, 0) is 6.07 Å². The fourth-order valence-electron chi connectivity index (χ4n) is 1.29. The number of methoxy groups -OCH3 is 1. The molecule has 0 aliphatic rings. The maximum atomic E-state index is 5.68. The van der Waals surface area contributed by atoms with E-state index in [9.17, 15) is 0 Å². The van der Waals surface area contributed by atoms with E-state index < -0.39 is 0 Å². The second kappa shape index (κ2) is 5.26. The molecule has 0 amide bonds. The summed E-state index contributed by atoms with van der Waals surface area (Å²) in [5, 5.41) is 7.61. The molecular formula is C10H13N5O2. The predicted octanol–water partition coefficient (Wildman–Crippen LogP) is 0.270. The van der Waals surface area contributed by atoms with Gasteiger partial charge in [0.2, 0.25) is 5.88 Å². The summed E-state index contributed by atoms with van der Waals surface area (Å²) in [7, 11) is 1.61. The van der Waals surface area contributed by atoms with Crippen molar-refractivity contribution in [2.24, 2.45) is 0 Å². The number of anilines is 1. The monoisotopic (exact) mass is 235 g/mol. The Bertz CT molecular complexity index is 472. The van der Waals surface area contributed by atoms with Crippen LogP contribution in [0.25, 0.3) is 5.69 Å². The van der Waals surface area contributed by atoms with Gasteiger partial charge in [0.05, 0.1) is 30.9 Å². The molecule has 0 aromatic carbocycles. The highest BCUT2D eigenvalue weighted by atomic mass is 16.5. The van der Waals surface area contributed by atoms with E-state index >= 15 is 0 Å². The second-order valence-corrected chi connectivity index (χ2v) is 3.28. The highest BCUT2D eigenvalue weighted by Gasteiger charge is 2.09. The van der Waals surface area contributed by atoms with Crippen LogP contribution in [0.15, 0.2) is 24.7 Å². The Balaban J connectivity index is 2.25. The Morgan fingerprint density at radius 3 is 3.00 bits per heavy atom. The van der Waals surface area contributed by atoms with Gasteiger partial charge in [-0.25, -0.2) is 9.67 Å². The molecule has 2 rings (SSSR count). The van der Waals surface area contributed by atoms with Crippen molar-refractivity contribution in [1.29, 1.82) is 0 Å². The maximum absolute atomic E-state index is 5.68. The van der Waals surface area contributed by atoms with Crippen molar-refractivity contribution >= 4 is 5.69 Å². The Labute approximate surface area is 98.2 Å². The van der Waals surface area contributed by atoms with Crippen LogP contribution in [-0.4, -0.2) is 40.3 Å². The molecule has 0 aliphatic carbocycles. The molecule has 0 bridgehead atoms. The molecule has 90 valence electrons. The minimum atomic E-state index is 0.412. The lowest BCUT2D eigenvalue weighted by Crippen LogP contribution is -2.09. The van der Waals surface area contributed by atoms with E-state index in [0.717, 1.165) is 0 Å². The van der Waals surface area contributed by atoms with E-state index in [2.05, 4.69) is 15.3 Å². The summed E-state index contributed by atoms with van der Waals surface area (Å²) in [6.45, 7) is 0.901. The third kappa shape index (κ3) is 2.70. The molecule has 17 heavy (non-hydrogen) atoms. The number of pyridine rings is 1. The van der Waals surface area contributed by atoms with Crippen LogP contribution in [0.1, 0.15) is 0 Å².